The first-order valence-corrected chi connectivity index (χ1v) is 7.84. The first-order chi connectivity index (χ1) is 10.9. The molecule has 2 aromatic rings. The van der Waals surface area contributed by atoms with Crippen LogP contribution in [-0.2, 0) is 9.59 Å². The van der Waals surface area contributed by atoms with Crippen molar-refractivity contribution in [2.45, 2.75) is 20.0 Å². The minimum atomic E-state index is -0.675. The topological polar surface area (TPSA) is 67.4 Å². The van der Waals surface area contributed by atoms with E-state index in [1.54, 1.807) is 43.3 Å². The van der Waals surface area contributed by atoms with Gasteiger partial charge in [-0.1, -0.05) is 22.0 Å². The molecule has 120 valence electrons. The zero-order chi connectivity index (χ0) is 16.8. The molecule has 0 radical (unpaired) electrons. The zero-order valence-corrected chi connectivity index (χ0v) is 14.4. The first kappa shape index (κ1) is 17.0. The largest absolute Gasteiger partial charge is 0.481 e. The smallest absolute Gasteiger partial charge is 0.265 e. The van der Waals surface area contributed by atoms with Gasteiger partial charge in [0.2, 0.25) is 5.91 Å². The van der Waals surface area contributed by atoms with Gasteiger partial charge >= 0.3 is 0 Å². The molecule has 0 unspecified atom stereocenters. The summed E-state index contributed by atoms with van der Waals surface area (Å²) in [5, 5.41) is 5.45. The predicted molar refractivity (Wildman–Crippen MR) is 93.6 cm³/mol. The Hall–Kier alpha value is -2.34. The van der Waals surface area contributed by atoms with Crippen LogP contribution in [0, 0.1) is 0 Å². The van der Waals surface area contributed by atoms with Gasteiger partial charge in [0.25, 0.3) is 5.91 Å². The van der Waals surface area contributed by atoms with Crippen molar-refractivity contribution in [3.8, 4) is 5.75 Å². The van der Waals surface area contributed by atoms with Crippen LogP contribution in [0.25, 0.3) is 0 Å². The number of ether oxygens (including phenoxy) is 1. The van der Waals surface area contributed by atoms with Gasteiger partial charge in [0.1, 0.15) is 5.75 Å². The highest BCUT2D eigenvalue weighted by molar-refractivity contribution is 9.10. The number of rotatable bonds is 5. The molecule has 2 amide bonds. The van der Waals surface area contributed by atoms with Gasteiger partial charge in [-0.3, -0.25) is 9.59 Å². The predicted octanol–water partition coefficient (Wildman–Crippen LogP) is 3.81. The number of benzene rings is 2. The van der Waals surface area contributed by atoms with Crippen molar-refractivity contribution in [1.29, 1.82) is 0 Å². The third-order valence-corrected chi connectivity index (χ3v) is 3.48. The molecule has 0 heterocycles. The molecular weight excluding hydrogens is 360 g/mol. The number of carbonyl (C=O) groups excluding carboxylic acids is 2. The molecule has 0 bridgehead atoms. The summed E-state index contributed by atoms with van der Waals surface area (Å²) in [4.78, 5) is 23.2. The highest BCUT2D eigenvalue weighted by Crippen LogP contribution is 2.19. The molecule has 0 saturated heterocycles. The van der Waals surface area contributed by atoms with Crippen molar-refractivity contribution in [2.75, 3.05) is 10.6 Å². The minimum absolute atomic E-state index is 0.164. The molecule has 6 heteroatoms. The second kappa shape index (κ2) is 7.78. The second-order valence-electron chi connectivity index (χ2n) is 4.97. The Morgan fingerprint density at radius 1 is 1.04 bits per heavy atom. The monoisotopic (exact) mass is 376 g/mol. The van der Waals surface area contributed by atoms with Crippen LogP contribution in [0.4, 0.5) is 11.4 Å². The molecule has 0 aromatic heterocycles. The van der Waals surface area contributed by atoms with Crippen molar-refractivity contribution in [1.82, 2.24) is 0 Å². The number of carbonyl (C=O) groups is 2. The van der Waals surface area contributed by atoms with Gasteiger partial charge < -0.3 is 15.4 Å². The lowest BCUT2D eigenvalue weighted by Gasteiger charge is -2.15. The average Bonchev–Trinajstić information content (AvgIpc) is 2.49. The fourth-order valence-electron chi connectivity index (χ4n) is 1.89. The van der Waals surface area contributed by atoms with Gasteiger partial charge in [0.05, 0.1) is 0 Å². The average molecular weight is 377 g/mol. The second-order valence-corrected chi connectivity index (χ2v) is 5.88. The maximum absolute atomic E-state index is 12.1. The molecule has 2 N–H and O–H groups in total. The number of halogens is 1. The molecule has 0 aliphatic carbocycles. The number of hydrogen-bond donors (Lipinski definition) is 2. The maximum Gasteiger partial charge on any atom is 0.265 e. The Bertz CT molecular complexity index is 701. The Balaban J connectivity index is 1.97. The van der Waals surface area contributed by atoms with Gasteiger partial charge in [-0.15, -0.1) is 0 Å². The summed E-state index contributed by atoms with van der Waals surface area (Å²) in [6, 6.07) is 14.2. The van der Waals surface area contributed by atoms with Gasteiger partial charge in [0, 0.05) is 28.8 Å². The van der Waals surface area contributed by atoms with Gasteiger partial charge in [-0.25, -0.2) is 0 Å². The van der Waals surface area contributed by atoms with Gasteiger partial charge in [0.15, 0.2) is 6.10 Å². The van der Waals surface area contributed by atoms with Crippen molar-refractivity contribution >= 4 is 39.1 Å². The Morgan fingerprint density at radius 2 is 1.74 bits per heavy atom. The van der Waals surface area contributed by atoms with Crippen LogP contribution in [0.3, 0.4) is 0 Å². The molecule has 2 rings (SSSR count). The molecule has 23 heavy (non-hydrogen) atoms. The molecule has 0 spiro atoms. The molecular formula is C17H17BrN2O3. The van der Waals surface area contributed by atoms with E-state index in [0.717, 1.165) is 4.47 Å². The minimum Gasteiger partial charge on any atom is -0.481 e. The zero-order valence-electron chi connectivity index (χ0n) is 12.8. The lowest BCUT2D eigenvalue weighted by molar-refractivity contribution is -0.122. The van der Waals surface area contributed by atoms with Crippen LogP contribution >= 0.6 is 15.9 Å². The van der Waals surface area contributed by atoms with E-state index in [2.05, 4.69) is 26.6 Å². The van der Waals surface area contributed by atoms with Crippen molar-refractivity contribution < 1.29 is 14.3 Å². The van der Waals surface area contributed by atoms with Crippen LogP contribution in [0.2, 0.25) is 0 Å². The molecule has 0 saturated carbocycles. The molecule has 1 atom stereocenters. The Labute approximate surface area is 143 Å². The Morgan fingerprint density at radius 3 is 2.39 bits per heavy atom. The van der Waals surface area contributed by atoms with Gasteiger partial charge in [-0.05, 0) is 43.3 Å². The number of amides is 2. The van der Waals surface area contributed by atoms with E-state index in [9.17, 15) is 9.59 Å². The fraction of sp³-hybridized carbons (Fsp3) is 0.176. The summed E-state index contributed by atoms with van der Waals surface area (Å²) in [5.41, 5.74) is 1.32. The molecule has 5 nitrogen and oxygen atoms in total. The van der Waals surface area contributed by atoms with Crippen LogP contribution < -0.4 is 15.4 Å². The summed E-state index contributed by atoms with van der Waals surface area (Å²) in [6.45, 7) is 3.10. The molecule has 0 aliphatic rings. The third-order valence-electron chi connectivity index (χ3n) is 2.95. The lowest BCUT2D eigenvalue weighted by Crippen LogP contribution is -2.30. The first-order valence-electron chi connectivity index (χ1n) is 7.05. The van der Waals surface area contributed by atoms with Crippen molar-refractivity contribution in [2.24, 2.45) is 0 Å². The molecule has 0 fully saturated rings. The SMILES string of the molecule is CC(=O)Nc1cccc(O[C@H](C)C(=O)Nc2ccc(Br)cc2)c1. The highest BCUT2D eigenvalue weighted by Gasteiger charge is 2.15. The number of nitrogens with one attached hydrogen (secondary N) is 2. The summed E-state index contributed by atoms with van der Waals surface area (Å²) >= 11 is 3.34. The van der Waals surface area contributed by atoms with Crippen molar-refractivity contribution in [3.05, 3.63) is 53.0 Å². The van der Waals surface area contributed by atoms with E-state index in [1.165, 1.54) is 6.92 Å². The standard InChI is InChI=1S/C17H17BrN2O3/c1-11(17(22)20-14-8-6-13(18)7-9-14)23-16-5-3-4-15(10-16)19-12(2)21/h3-11H,1-2H3,(H,19,21)(H,20,22)/t11-/m1/s1. The van der Waals surface area contributed by atoms with Gasteiger partial charge in [-0.2, -0.15) is 0 Å². The summed E-state index contributed by atoms with van der Waals surface area (Å²) in [5.74, 6) is 0.0927. The third kappa shape index (κ3) is 5.41. The van der Waals surface area contributed by atoms with E-state index in [1.807, 2.05) is 12.1 Å². The normalized spacial score (nSPS) is 11.4. The fourth-order valence-corrected chi connectivity index (χ4v) is 2.15. The van der Waals surface area contributed by atoms with Crippen LogP contribution in [0.1, 0.15) is 13.8 Å². The molecule has 0 aliphatic heterocycles. The molecule has 2 aromatic carbocycles. The quantitative estimate of drug-likeness (QED) is 0.833. The summed E-state index contributed by atoms with van der Waals surface area (Å²) < 4.78 is 6.56. The van der Waals surface area contributed by atoms with Crippen molar-refractivity contribution in [3.63, 3.8) is 0 Å². The van der Waals surface area contributed by atoms with Crippen LogP contribution in [-0.4, -0.2) is 17.9 Å². The van der Waals surface area contributed by atoms with E-state index >= 15 is 0 Å². The van der Waals surface area contributed by atoms with E-state index in [0.29, 0.717) is 17.1 Å². The Kier molecular flexibility index (Phi) is 5.76. The van der Waals surface area contributed by atoms with E-state index in [4.69, 9.17) is 4.74 Å². The lowest BCUT2D eigenvalue weighted by atomic mass is 10.2. The summed E-state index contributed by atoms with van der Waals surface area (Å²) in [6.07, 6.45) is -0.675. The van der Waals surface area contributed by atoms with E-state index in [-0.39, 0.29) is 11.8 Å². The highest BCUT2D eigenvalue weighted by atomic mass is 79.9. The van der Waals surface area contributed by atoms with Crippen LogP contribution in [0.5, 0.6) is 5.75 Å². The van der Waals surface area contributed by atoms with Crippen LogP contribution in [0.15, 0.2) is 53.0 Å². The maximum atomic E-state index is 12.1. The number of anilines is 2. The summed E-state index contributed by atoms with van der Waals surface area (Å²) in [7, 11) is 0. The number of hydrogen-bond acceptors (Lipinski definition) is 3. The van der Waals surface area contributed by atoms with E-state index < -0.39 is 6.10 Å².